The number of aromatic nitrogens is 2. The predicted molar refractivity (Wildman–Crippen MR) is 74.7 cm³/mol. The molecule has 1 aliphatic heterocycles. The Balaban J connectivity index is 1.96. The van der Waals surface area contributed by atoms with E-state index in [0.717, 1.165) is 32.5 Å². The molecule has 1 amide bonds. The van der Waals surface area contributed by atoms with Crippen molar-refractivity contribution in [3.8, 4) is 0 Å². The van der Waals surface area contributed by atoms with E-state index in [4.69, 9.17) is 23.2 Å². The zero-order chi connectivity index (χ0) is 13.8. The molecule has 0 spiro atoms. The molecule has 0 unspecified atom stereocenters. The summed E-state index contributed by atoms with van der Waals surface area (Å²) >= 11 is 11.6. The van der Waals surface area contributed by atoms with Crippen molar-refractivity contribution in [2.45, 2.75) is 25.8 Å². The molecule has 1 aliphatic rings. The molecule has 7 heteroatoms. The first-order chi connectivity index (χ1) is 9.10. The summed E-state index contributed by atoms with van der Waals surface area (Å²) in [5.74, 6) is -0.239. The molecule has 104 valence electrons. The van der Waals surface area contributed by atoms with Crippen LogP contribution in [0.25, 0.3) is 0 Å². The lowest BCUT2D eigenvalue weighted by molar-refractivity contribution is 0.0912. The van der Waals surface area contributed by atoms with Crippen molar-refractivity contribution in [3.05, 3.63) is 21.9 Å². The van der Waals surface area contributed by atoms with E-state index in [1.165, 1.54) is 6.07 Å². The van der Waals surface area contributed by atoms with Crippen molar-refractivity contribution in [3.63, 3.8) is 0 Å². The van der Waals surface area contributed by atoms with Gasteiger partial charge in [-0.1, -0.05) is 30.1 Å². The van der Waals surface area contributed by atoms with E-state index in [-0.39, 0.29) is 27.8 Å². The van der Waals surface area contributed by atoms with Gasteiger partial charge in [0.25, 0.3) is 5.91 Å². The minimum absolute atomic E-state index is 0.0768. The molecule has 0 radical (unpaired) electrons. The van der Waals surface area contributed by atoms with Crippen LogP contribution in [0, 0.1) is 0 Å². The van der Waals surface area contributed by atoms with Gasteiger partial charge in [0.1, 0.15) is 0 Å². The van der Waals surface area contributed by atoms with E-state index < -0.39 is 0 Å². The van der Waals surface area contributed by atoms with Gasteiger partial charge in [-0.25, -0.2) is 0 Å². The zero-order valence-corrected chi connectivity index (χ0v) is 12.2. The second-order valence-corrected chi connectivity index (χ2v) is 5.30. The van der Waals surface area contributed by atoms with Gasteiger partial charge in [0.15, 0.2) is 10.3 Å². The number of rotatable bonds is 3. The Morgan fingerprint density at radius 1 is 1.42 bits per heavy atom. The molecule has 1 fully saturated rings. The number of likely N-dealkylation sites (tertiary alicyclic amines) is 1. The topological polar surface area (TPSA) is 58.1 Å². The maximum atomic E-state index is 12.1. The molecule has 2 heterocycles. The van der Waals surface area contributed by atoms with Gasteiger partial charge in [-0.3, -0.25) is 4.79 Å². The SMILES string of the molecule is CCN1CCC(NC(=O)c2cc(Cl)nnc2Cl)CC1. The second kappa shape index (κ2) is 6.50. The highest BCUT2D eigenvalue weighted by Gasteiger charge is 2.21. The van der Waals surface area contributed by atoms with Crippen LogP contribution in [-0.4, -0.2) is 46.7 Å². The van der Waals surface area contributed by atoms with Gasteiger partial charge in [0, 0.05) is 19.1 Å². The Morgan fingerprint density at radius 2 is 2.11 bits per heavy atom. The van der Waals surface area contributed by atoms with Crippen LogP contribution < -0.4 is 5.32 Å². The number of halogens is 2. The number of piperidine rings is 1. The summed E-state index contributed by atoms with van der Waals surface area (Å²) in [6, 6.07) is 1.62. The largest absolute Gasteiger partial charge is 0.349 e. The van der Waals surface area contributed by atoms with E-state index in [9.17, 15) is 4.79 Å². The molecule has 19 heavy (non-hydrogen) atoms. The quantitative estimate of drug-likeness (QED) is 0.928. The number of hydrogen-bond acceptors (Lipinski definition) is 4. The molecular weight excluding hydrogens is 287 g/mol. The lowest BCUT2D eigenvalue weighted by Gasteiger charge is -2.31. The Morgan fingerprint density at radius 3 is 2.74 bits per heavy atom. The van der Waals surface area contributed by atoms with Crippen molar-refractivity contribution >= 4 is 29.1 Å². The monoisotopic (exact) mass is 302 g/mol. The summed E-state index contributed by atoms with van der Waals surface area (Å²) < 4.78 is 0. The number of nitrogens with zero attached hydrogens (tertiary/aromatic N) is 3. The molecular formula is C12H16Cl2N4O. The van der Waals surface area contributed by atoms with Crippen molar-refractivity contribution in [2.24, 2.45) is 0 Å². The fourth-order valence-corrected chi connectivity index (χ4v) is 2.49. The predicted octanol–water partition coefficient (Wildman–Crippen LogP) is 2.00. The van der Waals surface area contributed by atoms with Crippen LogP contribution in [0.4, 0.5) is 0 Å². The molecule has 5 nitrogen and oxygen atoms in total. The highest BCUT2D eigenvalue weighted by Crippen LogP contribution is 2.16. The van der Waals surface area contributed by atoms with Crippen molar-refractivity contribution in [2.75, 3.05) is 19.6 Å². The Labute approximate surface area is 122 Å². The maximum absolute atomic E-state index is 12.1. The summed E-state index contributed by atoms with van der Waals surface area (Å²) in [4.78, 5) is 14.5. The molecule has 1 aromatic rings. The lowest BCUT2D eigenvalue weighted by atomic mass is 10.0. The van der Waals surface area contributed by atoms with Crippen molar-refractivity contribution < 1.29 is 4.79 Å². The summed E-state index contributed by atoms with van der Waals surface area (Å²) in [7, 11) is 0. The molecule has 0 aromatic carbocycles. The Bertz CT molecular complexity index is 461. The number of nitrogens with one attached hydrogen (secondary N) is 1. The second-order valence-electron chi connectivity index (χ2n) is 4.55. The summed E-state index contributed by atoms with van der Waals surface area (Å²) in [6.45, 7) is 5.20. The molecule has 0 bridgehead atoms. The fraction of sp³-hybridized carbons (Fsp3) is 0.583. The smallest absolute Gasteiger partial charge is 0.254 e. The van der Waals surface area contributed by atoms with Gasteiger partial charge in [-0.2, -0.15) is 0 Å². The minimum Gasteiger partial charge on any atom is -0.349 e. The number of amides is 1. The standard InChI is InChI=1S/C12H16Cl2N4O/c1-2-18-5-3-8(4-6-18)15-12(19)9-7-10(13)16-17-11(9)14/h7-8H,2-6H2,1H3,(H,15,19). The lowest BCUT2D eigenvalue weighted by Crippen LogP contribution is -2.44. The molecule has 2 rings (SSSR count). The maximum Gasteiger partial charge on any atom is 0.254 e. The van der Waals surface area contributed by atoms with Crippen molar-refractivity contribution in [1.82, 2.24) is 20.4 Å². The van der Waals surface area contributed by atoms with E-state index >= 15 is 0 Å². The van der Waals surface area contributed by atoms with Gasteiger partial charge in [-0.05, 0) is 25.5 Å². The normalized spacial score (nSPS) is 17.4. The van der Waals surface area contributed by atoms with Gasteiger partial charge in [0.05, 0.1) is 5.56 Å². The van der Waals surface area contributed by atoms with E-state index in [0.29, 0.717) is 0 Å². The Kier molecular flexibility index (Phi) is 4.96. The molecule has 1 N–H and O–H groups in total. The van der Waals surface area contributed by atoms with Crippen LogP contribution in [0.2, 0.25) is 10.3 Å². The van der Waals surface area contributed by atoms with E-state index in [1.807, 2.05) is 0 Å². The van der Waals surface area contributed by atoms with Gasteiger partial charge in [-0.15, -0.1) is 10.2 Å². The number of carbonyl (C=O) groups is 1. The number of carbonyl (C=O) groups excluding carboxylic acids is 1. The third-order valence-corrected chi connectivity index (χ3v) is 3.80. The van der Waals surface area contributed by atoms with Crippen LogP contribution in [0.3, 0.4) is 0 Å². The summed E-state index contributed by atoms with van der Waals surface area (Å²) in [6.07, 6.45) is 1.90. The van der Waals surface area contributed by atoms with Crippen LogP contribution in [0.1, 0.15) is 30.1 Å². The third kappa shape index (κ3) is 3.78. The first kappa shape index (κ1) is 14.5. The molecule has 1 saturated heterocycles. The van der Waals surface area contributed by atoms with Gasteiger partial charge < -0.3 is 10.2 Å². The molecule has 1 aromatic heterocycles. The van der Waals surface area contributed by atoms with Crippen LogP contribution in [0.5, 0.6) is 0 Å². The van der Waals surface area contributed by atoms with Crippen LogP contribution in [-0.2, 0) is 0 Å². The number of hydrogen-bond donors (Lipinski definition) is 1. The molecule has 0 aliphatic carbocycles. The van der Waals surface area contributed by atoms with Crippen LogP contribution in [0.15, 0.2) is 6.07 Å². The van der Waals surface area contributed by atoms with E-state index in [1.54, 1.807) is 0 Å². The Hall–Kier alpha value is -0.910. The van der Waals surface area contributed by atoms with Gasteiger partial charge in [0.2, 0.25) is 0 Å². The zero-order valence-electron chi connectivity index (χ0n) is 10.7. The first-order valence-corrected chi connectivity index (χ1v) is 7.07. The van der Waals surface area contributed by atoms with Gasteiger partial charge >= 0.3 is 0 Å². The highest BCUT2D eigenvalue weighted by atomic mass is 35.5. The minimum atomic E-state index is -0.239. The third-order valence-electron chi connectivity index (χ3n) is 3.33. The summed E-state index contributed by atoms with van der Waals surface area (Å²) in [5, 5.41) is 10.4. The average molecular weight is 303 g/mol. The fourth-order valence-electron chi connectivity index (χ4n) is 2.17. The van der Waals surface area contributed by atoms with Crippen LogP contribution >= 0.6 is 23.2 Å². The highest BCUT2D eigenvalue weighted by molar-refractivity contribution is 6.34. The molecule has 0 atom stereocenters. The van der Waals surface area contributed by atoms with Crippen molar-refractivity contribution in [1.29, 1.82) is 0 Å². The molecule has 0 saturated carbocycles. The summed E-state index contributed by atoms with van der Waals surface area (Å²) in [5.41, 5.74) is 0.277. The average Bonchev–Trinajstić information content (AvgIpc) is 2.42. The van der Waals surface area contributed by atoms with E-state index in [2.05, 4.69) is 27.3 Å². The first-order valence-electron chi connectivity index (χ1n) is 6.32.